The fraction of sp³-hybridized carbons (Fsp3) is 0.929. The molecule has 0 aliphatic heterocycles. The molecule has 0 saturated heterocycles. The molecule has 0 aromatic heterocycles. The molecule has 3 nitrogen and oxygen atoms in total. The molecule has 0 aliphatic rings. The van der Waals surface area contributed by atoms with Gasteiger partial charge in [0.25, 0.3) is 0 Å². The Labute approximate surface area is 106 Å². The minimum Gasteiger partial charge on any atom is -0.381 e. The summed E-state index contributed by atoms with van der Waals surface area (Å²) in [6.07, 6.45) is 4.59. The molecule has 102 valence electrons. The van der Waals surface area contributed by atoms with Crippen LogP contribution >= 0.6 is 0 Å². The summed E-state index contributed by atoms with van der Waals surface area (Å²) in [7, 11) is 0. The third kappa shape index (κ3) is 11.7. The second-order valence-corrected chi connectivity index (χ2v) is 5.30. The molecule has 0 aromatic rings. The van der Waals surface area contributed by atoms with Crippen LogP contribution in [0.25, 0.3) is 0 Å². The Morgan fingerprint density at radius 3 is 2.29 bits per heavy atom. The Bertz CT molecular complexity index is 191. The van der Waals surface area contributed by atoms with Gasteiger partial charge < -0.3 is 10.1 Å². The molecule has 17 heavy (non-hydrogen) atoms. The van der Waals surface area contributed by atoms with Crippen molar-refractivity contribution in [1.29, 1.82) is 0 Å². The predicted octanol–water partition coefficient (Wildman–Crippen LogP) is 2.99. The molecule has 0 aromatic carbocycles. The van der Waals surface area contributed by atoms with Crippen molar-refractivity contribution in [2.45, 2.75) is 53.4 Å². The first-order valence-electron chi connectivity index (χ1n) is 6.89. The molecule has 1 amide bonds. The number of hydrogen-bond acceptors (Lipinski definition) is 2. The van der Waals surface area contributed by atoms with Crippen LogP contribution in [0.1, 0.15) is 53.4 Å². The lowest BCUT2D eigenvalue weighted by atomic mass is 10.1. The summed E-state index contributed by atoms with van der Waals surface area (Å²) in [5.41, 5.74) is 0. The molecule has 0 aliphatic carbocycles. The van der Waals surface area contributed by atoms with E-state index in [1.54, 1.807) is 0 Å². The number of amides is 1. The molecule has 3 heteroatoms. The van der Waals surface area contributed by atoms with Crippen molar-refractivity contribution < 1.29 is 9.53 Å². The lowest BCUT2D eigenvalue weighted by Gasteiger charge is -2.08. The summed E-state index contributed by atoms with van der Waals surface area (Å²) in [6, 6.07) is 0. The standard InChI is InChI=1S/C14H29NO2/c1-12(2)8-5-6-10-17-11-7-9-15-14(16)13(3)4/h12-13H,5-11H2,1-4H3,(H,15,16). The van der Waals surface area contributed by atoms with Crippen molar-refractivity contribution in [3.63, 3.8) is 0 Å². The Hall–Kier alpha value is -0.570. The van der Waals surface area contributed by atoms with Gasteiger partial charge in [-0.3, -0.25) is 4.79 Å². The van der Waals surface area contributed by atoms with Gasteiger partial charge in [0.15, 0.2) is 0 Å². The number of carbonyl (C=O) groups excluding carboxylic acids is 1. The molecule has 0 radical (unpaired) electrons. The van der Waals surface area contributed by atoms with Gasteiger partial charge in [-0.1, -0.05) is 40.5 Å². The average Bonchev–Trinajstić information content (AvgIpc) is 2.25. The normalized spacial score (nSPS) is 11.2. The van der Waals surface area contributed by atoms with E-state index in [1.165, 1.54) is 12.8 Å². The largest absolute Gasteiger partial charge is 0.381 e. The lowest BCUT2D eigenvalue weighted by Crippen LogP contribution is -2.29. The maximum Gasteiger partial charge on any atom is 0.222 e. The zero-order valence-corrected chi connectivity index (χ0v) is 11.9. The number of rotatable bonds is 10. The second kappa shape index (κ2) is 10.6. The highest BCUT2D eigenvalue weighted by Gasteiger charge is 2.04. The summed E-state index contributed by atoms with van der Waals surface area (Å²) in [4.78, 5) is 11.2. The molecule has 0 unspecified atom stereocenters. The van der Waals surface area contributed by atoms with E-state index in [0.717, 1.165) is 38.5 Å². The summed E-state index contributed by atoms with van der Waals surface area (Å²) in [5.74, 6) is 0.995. The number of unbranched alkanes of at least 4 members (excludes halogenated alkanes) is 1. The van der Waals surface area contributed by atoms with E-state index < -0.39 is 0 Å². The van der Waals surface area contributed by atoms with E-state index in [1.807, 2.05) is 13.8 Å². The topological polar surface area (TPSA) is 38.3 Å². The third-order valence-corrected chi connectivity index (χ3v) is 2.61. The monoisotopic (exact) mass is 243 g/mol. The van der Waals surface area contributed by atoms with Gasteiger partial charge in [0.1, 0.15) is 0 Å². The molecule has 0 spiro atoms. The first-order valence-corrected chi connectivity index (χ1v) is 6.89. The predicted molar refractivity (Wildman–Crippen MR) is 72.0 cm³/mol. The molecular weight excluding hydrogens is 214 g/mol. The van der Waals surface area contributed by atoms with Gasteiger partial charge >= 0.3 is 0 Å². The van der Waals surface area contributed by atoms with Crippen molar-refractivity contribution in [2.75, 3.05) is 19.8 Å². The quantitative estimate of drug-likeness (QED) is 0.599. The number of nitrogens with one attached hydrogen (secondary N) is 1. The zero-order valence-electron chi connectivity index (χ0n) is 11.9. The Kier molecular flexibility index (Phi) is 10.2. The van der Waals surface area contributed by atoms with Crippen LogP contribution < -0.4 is 5.32 Å². The van der Waals surface area contributed by atoms with Gasteiger partial charge in [0.05, 0.1) is 0 Å². The zero-order chi connectivity index (χ0) is 13.1. The van der Waals surface area contributed by atoms with Gasteiger partial charge in [0.2, 0.25) is 5.91 Å². The van der Waals surface area contributed by atoms with Gasteiger partial charge in [-0.15, -0.1) is 0 Å². The molecule has 0 heterocycles. The molecular formula is C14H29NO2. The summed E-state index contributed by atoms with van der Waals surface area (Å²) < 4.78 is 5.51. The lowest BCUT2D eigenvalue weighted by molar-refractivity contribution is -0.124. The van der Waals surface area contributed by atoms with E-state index in [-0.39, 0.29) is 11.8 Å². The summed E-state index contributed by atoms with van der Waals surface area (Å²) >= 11 is 0. The Balaban J connectivity index is 3.11. The van der Waals surface area contributed by atoms with Gasteiger partial charge in [-0.05, 0) is 18.8 Å². The van der Waals surface area contributed by atoms with E-state index >= 15 is 0 Å². The van der Waals surface area contributed by atoms with Crippen LogP contribution in [-0.2, 0) is 9.53 Å². The van der Waals surface area contributed by atoms with Crippen molar-refractivity contribution in [3.8, 4) is 0 Å². The molecule has 0 saturated carbocycles. The first-order chi connectivity index (χ1) is 8.04. The first kappa shape index (κ1) is 16.4. The second-order valence-electron chi connectivity index (χ2n) is 5.30. The van der Waals surface area contributed by atoms with Crippen LogP contribution in [-0.4, -0.2) is 25.7 Å². The summed E-state index contributed by atoms with van der Waals surface area (Å²) in [6.45, 7) is 10.6. The van der Waals surface area contributed by atoms with Gasteiger partial charge in [-0.25, -0.2) is 0 Å². The fourth-order valence-electron chi connectivity index (χ4n) is 1.45. The van der Waals surface area contributed by atoms with E-state index in [2.05, 4.69) is 19.2 Å². The van der Waals surface area contributed by atoms with Crippen LogP contribution in [0, 0.1) is 11.8 Å². The summed E-state index contributed by atoms with van der Waals surface area (Å²) in [5, 5.41) is 2.88. The highest BCUT2D eigenvalue weighted by Crippen LogP contribution is 2.05. The van der Waals surface area contributed by atoms with Crippen molar-refractivity contribution in [2.24, 2.45) is 11.8 Å². The Morgan fingerprint density at radius 2 is 1.71 bits per heavy atom. The van der Waals surface area contributed by atoms with E-state index in [9.17, 15) is 4.79 Å². The number of hydrogen-bond donors (Lipinski definition) is 1. The minimum atomic E-state index is 0.0759. The van der Waals surface area contributed by atoms with Crippen molar-refractivity contribution >= 4 is 5.91 Å². The van der Waals surface area contributed by atoms with Crippen LogP contribution in [0.15, 0.2) is 0 Å². The van der Waals surface area contributed by atoms with Crippen LogP contribution in [0.2, 0.25) is 0 Å². The highest BCUT2D eigenvalue weighted by atomic mass is 16.5. The van der Waals surface area contributed by atoms with Gasteiger partial charge in [-0.2, -0.15) is 0 Å². The SMILES string of the molecule is CC(C)CCCCOCCCNC(=O)C(C)C. The molecule has 0 atom stereocenters. The minimum absolute atomic E-state index is 0.0759. The van der Waals surface area contributed by atoms with Crippen LogP contribution in [0.5, 0.6) is 0 Å². The molecule has 1 N–H and O–H groups in total. The number of carbonyl (C=O) groups is 1. The maximum absolute atomic E-state index is 11.2. The average molecular weight is 243 g/mol. The third-order valence-electron chi connectivity index (χ3n) is 2.61. The fourth-order valence-corrected chi connectivity index (χ4v) is 1.45. The van der Waals surface area contributed by atoms with Crippen molar-refractivity contribution in [1.82, 2.24) is 5.32 Å². The molecule has 0 rings (SSSR count). The van der Waals surface area contributed by atoms with Crippen molar-refractivity contribution in [3.05, 3.63) is 0 Å². The van der Waals surface area contributed by atoms with E-state index in [4.69, 9.17) is 4.74 Å². The smallest absolute Gasteiger partial charge is 0.222 e. The van der Waals surface area contributed by atoms with Crippen LogP contribution in [0.3, 0.4) is 0 Å². The van der Waals surface area contributed by atoms with Crippen LogP contribution in [0.4, 0.5) is 0 Å². The molecule has 0 bridgehead atoms. The highest BCUT2D eigenvalue weighted by molar-refractivity contribution is 5.77. The molecule has 0 fully saturated rings. The number of ether oxygens (including phenoxy) is 1. The van der Waals surface area contributed by atoms with Gasteiger partial charge in [0, 0.05) is 25.7 Å². The Morgan fingerprint density at radius 1 is 1.06 bits per heavy atom. The maximum atomic E-state index is 11.2. The van der Waals surface area contributed by atoms with E-state index in [0.29, 0.717) is 0 Å².